The second kappa shape index (κ2) is 6.28. The van der Waals surface area contributed by atoms with Crippen LogP contribution in [0.2, 0.25) is 5.02 Å². The fourth-order valence-electron chi connectivity index (χ4n) is 3.65. The van der Waals surface area contributed by atoms with Crippen molar-refractivity contribution < 1.29 is 5.11 Å². The molecule has 21 heavy (non-hydrogen) atoms. The van der Waals surface area contributed by atoms with Gasteiger partial charge in [-0.05, 0) is 54.7 Å². The van der Waals surface area contributed by atoms with E-state index >= 15 is 0 Å². The van der Waals surface area contributed by atoms with E-state index in [1.54, 1.807) is 0 Å². The molecule has 0 aliphatic heterocycles. The molecular formula is C18H28ClNO. The third kappa shape index (κ3) is 3.61. The first-order valence-corrected chi connectivity index (χ1v) is 8.30. The van der Waals surface area contributed by atoms with Crippen LogP contribution in [0, 0.1) is 16.7 Å². The monoisotopic (exact) mass is 309 g/mol. The molecule has 0 aromatic heterocycles. The molecule has 0 spiro atoms. The van der Waals surface area contributed by atoms with Gasteiger partial charge in [-0.3, -0.25) is 0 Å². The number of aliphatic hydroxyl groups is 1. The van der Waals surface area contributed by atoms with E-state index in [0.29, 0.717) is 17.0 Å². The second-order valence-electron chi connectivity index (χ2n) is 7.66. The Kier molecular flexibility index (Phi) is 5.02. The summed E-state index contributed by atoms with van der Waals surface area (Å²) >= 11 is 5.93. The first-order valence-electron chi connectivity index (χ1n) is 7.92. The minimum Gasteiger partial charge on any atom is -0.388 e. The molecule has 0 radical (unpaired) electrons. The van der Waals surface area contributed by atoms with E-state index < -0.39 is 6.10 Å². The lowest BCUT2D eigenvalue weighted by Crippen LogP contribution is -2.42. The molecule has 1 saturated carbocycles. The molecule has 3 N–H and O–H groups in total. The molecule has 1 atom stereocenters. The zero-order valence-electron chi connectivity index (χ0n) is 13.4. The van der Waals surface area contributed by atoms with Gasteiger partial charge < -0.3 is 10.8 Å². The Labute approximate surface area is 133 Å². The standard InChI is InChI=1S/C18H28ClNO/c1-17(2,3)14-8-10-18(12-20,11-9-14)16(21)13-4-6-15(19)7-5-13/h4-7,14,16,21H,8-12,20H2,1-3H3. The largest absolute Gasteiger partial charge is 0.388 e. The average molecular weight is 310 g/mol. The van der Waals surface area contributed by atoms with E-state index in [4.69, 9.17) is 17.3 Å². The molecule has 1 unspecified atom stereocenters. The topological polar surface area (TPSA) is 46.2 Å². The molecule has 2 nitrogen and oxygen atoms in total. The lowest BCUT2D eigenvalue weighted by molar-refractivity contribution is -0.0234. The molecule has 118 valence electrons. The first-order chi connectivity index (χ1) is 9.78. The van der Waals surface area contributed by atoms with Gasteiger partial charge in [0.2, 0.25) is 0 Å². The van der Waals surface area contributed by atoms with Gasteiger partial charge >= 0.3 is 0 Å². The normalized spacial score (nSPS) is 28.4. The Balaban J connectivity index is 2.14. The Morgan fingerprint density at radius 2 is 1.76 bits per heavy atom. The van der Waals surface area contributed by atoms with Gasteiger partial charge in [-0.25, -0.2) is 0 Å². The molecule has 0 bridgehead atoms. The van der Waals surface area contributed by atoms with Crippen molar-refractivity contribution in [1.82, 2.24) is 0 Å². The van der Waals surface area contributed by atoms with Crippen molar-refractivity contribution >= 4 is 11.6 Å². The van der Waals surface area contributed by atoms with E-state index in [2.05, 4.69) is 20.8 Å². The highest BCUT2D eigenvalue weighted by Gasteiger charge is 2.43. The van der Waals surface area contributed by atoms with Crippen LogP contribution in [-0.4, -0.2) is 11.7 Å². The van der Waals surface area contributed by atoms with Crippen molar-refractivity contribution in [3.8, 4) is 0 Å². The third-order valence-corrected chi connectivity index (χ3v) is 5.63. The van der Waals surface area contributed by atoms with Gasteiger partial charge in [0.05, 0.1) is 6.10 Å². The quantitative estimate of drug-likeness (QED) is 0.860. The van der Waals surface area contributed by atoms with E-state index in [1.807, 2.05) is 24.3 Å². The highest BCUT2D eigenvalue weighted by atomic mass is 35.5. The van der Waals surface area contributed by atoms with Gasteiger partial charge in [-0.2, -0.15) is 0 Å². The van der Waals surface area contributed by atoms with Gasteiger partial charge in [0, 0.05) is 17.0 Å². The molecule has 0 amide bonds. The predicted octanol–water partition coefficient (Wildman–Crippen LogP) is 4.55. The van der Waals surface area contributed by atoms with Gasteiger partial charge in [0.1, 0.15) is 0 Å². The van der Waals surface area contributed by atoms with Crippen LogP contribution in [-0.2, 0) is 0 Å². The lowest BCUT2D eigenvalue weighted by atomic mass is 9.61. The van der Waals surface area contributed by atoms with Crippen LogP contribution in [0.5, 0.6) is 0 Å². The highest BCUT2D eigenvalue weighted by molar-refractivity contribution is 6.30. The second-order valence-corrected chi connectivity index (χ2v) is 8.10. The average Bonchev–Trinajstić information content (AvgIpc) is 2.46. The van der Waals surface area contributed by atoms with E-state index in [-0.39, 0.29) is 5.41 Å². The Bertz CT molecular complexity index is 455. The highest BCUT2D eigenvalue weighted by Crippen LogP contribution is 2.50. The smallest absolute Gasteiger partial charge is 0.0858 e. The van der Waals surface area contributed by atoms with E-state index in [1.165, 1.54) is 0 Å². The van der Waals surface area contributed by atoms with Gasteiger partial charge in [0.15, 0.2) is 0 Å². The maximum atomic E-state index is 10.9. The maximum Gasteiger partial charge on any atom is 0.0858 e. The maximum absolute atomic E-state index is 10.9. The molecule has 0 saturated heterocycles. The number of rotatable bonds is 3. The Hall–Kier alpha value is -0.570. The van der Waals surface area contributed by atoms with E-state index in [9.17, 15) is 5.11 Å². The summed E-state index contributed by atoms with van der Waals surface area (Å²) in [5.74, 6) is 0.717. The number of benzene rings is 1. The van der Waals surface area contributed by atoms with Crippen molar-refractivity contribution in [2.75, 3.05) is 6.54 Å². The summed E-state index contributed by atoms with van der Waals surface area (Å²) in [7, 11) is 0. The minimum atomic E-state index is -0.499. The van der Waals surface area contributed by atoms with Gasteiger partial charge in [0.25, 0.3) is 0 Å². The molecule has 1 aromatic rings. The van der Waals surface area contributed by atoms with Crippen molar-refractivity contribution in [3.05, 3.63) is 34.9 Å². The molecule has 1 aliphatic carbocycles. The number of aliphatic hydroxyl groups excluding tert-OH is 1. The molecule has 3 heteroatoms. The Morgan fingerprint density at radius 1 is 1.24 bits per heavy atom. The molecule has 2 rings (SSSR count). The number of halogens is 1. The summed E-state index contributed by atoms with van der Waals surface area (Å²) < 4.78 is 0. The zero-order chi connectivity index (χ0) is 15.7. The third-order valence-electron chi connectivity index (χ3n) is 5.38. The van der Waals surface area contributed by atoms with E-state index in [0.717, 1.165) is 37.2 Å². The molecule has 1 aliphatic rings. The van der Waals surface area contributed by atoms with Crippen LogP contribution in [0.4, 0.5) is 0 Å². The molecule has 1 fully saturated rings. The fourth-order valence-corrected chi connectivity index (χ4v) is 3.77. The minimum absolute atomic E-state index is 0.185. The summed E-state index contributed by atoms with van der Waals surface area (Å²) in [4.78, 5) is 0. The number of hydrogen-bond acceptors (Lipinski definition) is 2. The molecular weight excluding hydrogens is 282 g/mol. The van der Waals surface area contributed by atoms with Crippen LogP contribution < -0.4 is 5.73 Å². The van der Waals surface area contributed by atoms with Crippen molar-refractivity contribution in [2.45, 2.75) is 52.6 Å². The van der Waals surface area contributed by atoms with Crippen molar-refractivity contribution in [2.24, 2.45) is 22.5 Å². The SMILES string of the molecule is CC(C)(C)C1CCC(CN)(C(O)c2ccc(Cl)cc2)CC1. The number of nitrogens with two attached hydrogens (primary N) is 1. The molecule has 0 heterocycles. The summed E-state index contributed by atoms with van der Waals surface area (Å²) in [6.45, 7) is 7.46. The van der Waals surface area contributed by atoms with Crippen LogP contribution in [0.15, 0.2) is 24.3 Å². The first kappa shape index (κ1) is 16.8. The summed E-state index contributed by atoms with van der Waals surface area (Å²) in [5, 5.41) is 11.6. The zero-order valence-corrected chi connectivity index (χ0v) is 14.2. The summed E-state index contributed by atoms with van der Waals surface area (Å²) in [6, 6.07) is 7.51. The van der Waals surface area contributed by atoms with Crippen LogP contribution in [0.1, 0.15) is 58.1 Å². The summed E-state index contributed by atoms with van der Waals surface area (Å²) in [5.41, 5.74) is 7.16. The number of hydrogen-bond donors (Lipinski definition) is 2. The van der Waals surface area contributed by atoms with Crippen molar-refractivity contribution in [3.63, 3.8) is 0 Å². The Morgan fingerprint density at radius 3 is 2.19 bits per heavy atom. The summed E-state index contributed by atoms with van der Waals surface area (Å²) in [6.07, 6.45) is 3.78. The van der Waals surface area contributed by atoms with Crippen LogP contribution >= 0.6 is 11.6 Å². The lowest BCUT2D eigenvalue weighted by Gasteiger charge is -2.46. The van der Waals surface area contributed by atoms with Crippen LogP contribution in [0.3, 0.4) is 0 Å². The van der Waals surface area contributed by atoms with Gasteiger partial charge in [-0.15, -0.1) is 0 Å². The fraction of sp³-hybridized carbons (Fsp3) is 0.667. The van der Waals surface area contributed by atoms with Gasteiger partial charge in [-0.1, -0.05) is 44.5 Å². The predicted molar refractivity (Wildman–Crippen MR) is 89.3 cm³/mol. The van der Waals surface area contributed by atoms with Crippen molar-refractivity contribution in [1.29, 1.82) is 0 Å². The molecule has 1 aromatic carbocycles. The van der Waals surface area contributed by atoms with Crippen LogP contribution in [0.25, 0.3) is 0 Å².